The summed E-state index contributed by atoms with van der Waals surface area (Å²) < 4.78 is 1.70. The molecule has 1 aliphatic rings. The minimum atomic E-state index is 0.704. The third kappa shape index (κ3) is 3.55. The van der Waals surface area contributed by atoms with Crippen LogP contribution in [-0.4, -0.2) is 51.1 Å². The van der Waals surface area contributed by atoms with Crippen molar-refractivity contribution in [2.75, 3.05) is 31.1 Å². The molecule has 0 unspecified atom stereocenters. The zero-order valence-corrected chi connectivity index (χ0v) is 14.4. The van der Waals surface area contributed by atoms with Gasteiger partial charge in [0.05, 0.1) is 11.6 Å². The number of hydrogen-bond acceptors (Lipinski definition) is 6. The van der Waals surface area contributed by atoms with E-state index < -0.39 is 0 Å². The molecule has 0 N–H and O–H groups in total. The smallest absolute Gasteiger partial charge is 0.175 e. The molecule has 3 heterocycles. The van der Waals surface area contributed by atoms with Crippen molar-refractivity contribution >= 4 is 5.82 Å². The average Bonchev–Trinajstić information content (AvgIpc) is 3.24. The summed E-state index contributed by atoms with van der Waals surface area (Å²) in [5.41, 5.74) is 1.94. The molecule has 1 aromatic carbocycles. The van der Waals surface area contributed by atoms with Gasteiger partial charge in [0, 0.05) is 45.1 Å². The standard InChI is InChI=1S/C19H19N7/c20-14-16-2-4-17(5-3-16)15-24-10-12-25(13-11-24)18-6-7-19(23-22-18)26-9-1-8-21-26/h1-9H,10-13,15H2. The number of nitrogens with zero attached hydrogens (tertiary/aromatic N) is 7. The Morgan fingerprint density at radius 2 is 1.65 bits per heavy atom. The van der Waals surface area contributed by atoms with Gasteiger partial charge in [0.15, 0.2) is 11.6 Å². The molecule has 3 aromatic rings. The number of nitriles is 1. The van der Waals surface area contributed by atoms with Crippen molar-refractivity contribution in [3.8, 4) is 11.9 Å². The van der Waals surface area contributed by atoms with Gasteiger partial charge in [-0.2, -0.15) is 10.4 Å². The highest BCUT2D eigenvalue weighted by molar-refractivity contribution is 5.40. The van der Waals surface area contributed by atoms with E-state index >= 15 is 0 Å². The van der Waals surface area contributed by atoms with Crippen molar-refractivity contribution in [2.45, 2.75) is 6.54 Å². The maximum Gasteiger partial charge on any atom is 0.175 e. The van der Waals surface area contributed by atoms with Crippen LogP contribution in [0.5, 0.6) is 0 Å². The summed E-state index contributed by atoms with van der Waals surface area (Å²) >= 11 is 0. The lowest BCUT2D eigenvalue weighted by Gasteiger charge is -2.35. The summed E-state index contributed by atoms with van der Waals surface area (Å²) in [6.07, 6.45) is 3.58. The first-order valence-corrected chi connectivity index (χ1v) is 8.62. The van der Waals surface area contributed by atoms with Crippen LogP contribution in [0.15, 0.2) is 54.9 Å². The number of rotatable bonds is 4. The van der Waals surface area contributed by atoms with E-state index in [0.29, 0.717) is 5.56 Å². The van der Waals surface area contributed by atoms with Gasteiger partial charge in [0.25, 0.3) is 0 Å². The summed E-state index contributed by atoms with van der Waals surface area (Å²) in [5.74, 6) is 1.62. The van der Waals surface area contributed by atoms with Gasteiger partial charge in [-0.3, -0.25) is 4.90 Å². The van der Waals surface area contributed by atoms with Crippen LogP contribution in [0.4, 0.5) is 5.82 Å². The van der Waals surface area contributed by atoms with Crippen molar-refractivity contribution in [2.24, 2.45) is 0 Å². The first-order valence-electron chi connectivity index (χ1n) is 8.62. The lowest BCUT2D eigenvalue weighted by Crippen LogP contribution is -2.46. The zero-order chi connectivity index (χ0) is 17.8. The van der Waals surface area contributed by atoms with Crippen LogP contribution in [0.3, 0.4) is 0 Å². The molecule has 0 atom stereocenters. The average molecular weight is 345 g/mol. The molecule has 0 radical (unpaired) electrons. The molecule has 7 heteroatoms. The van der Waals surface area contributed by atoms with Crippen LogP contribution in [0, 0.1) is 11.3 Å². The van der Waals surface area contributed by atoms with Crippen LogP contribution in [0.1, 0.15) is 11.1 Å². The minimum absolute atomic E-state index is 0.704. The molecule has 2 aromatic heterocycles. The fourth-order valence-electron chi connectivity index (χ4n) is 3.09. The Balaban J connectivity index is 1.33. The fourth-order valence-corrected chi connectivity index (χ4v) is 3.09. The molecule has 0 bridgehead atoms. The second kappa shape index (κ2) is 7.33. The molecule has 130 valence electrons. The number of piperazine rings is 1. The molecule has 4 rings (SSSR count). The lowest BCUT2D eigenvalue weighted by atomic mass is 10.1. The molecular formula is C19H19N7. The highest BCUT2D eigenvalue weighted by Crippen LogP contribution is 2.15. The van der Waals surface area contributed by atoms with Crippen molar-refractivity contribution in [1.82, 2.24) is 24.9 Å². The Bertz CT molecular complexity index is 871. The molecule has 7 nitrogen and oxygen atoms in total. The summed E-state index contributed by atoms with van der Waals surface area (Å²) in [6, 6.07) is 15.8. The van der Waals surface area contributed by atoms with E-state index in [1.807, 2.05) is 48.7 Å². The Kier molecular flexibility index (Phi) is 4.58. The molecule has 0 amide bonds. The van der Waals surface area contributed by atoms with Gasteiger partial charge in [0.1, 0.15) is 0 Å². The molecular weight excluding hydrogens is 326 g/mol. The Morgan fingerprint density at radius 1 is 0.923 bits per heavy atom. The molecule has 26 heavy (non-hydrogen) atoms. The largest absolute Gasteiger partial charge is 0.353 e. The maximum absolute atomic E-state index is 8.88. The van der Waals surface area contributed by atoms with E-state index in [9.17, 15) is 0 Å². The van der Waals surface area contributed by atoms with Gasteiger partial charge in [-0.1, -0.05) is 12.1 Å². The van der Waals surface area contributed by atoms with Crippen molar-refractivity contribution < 1.29 is 0 Å². The van der Waals surface area contributed by atoms with E-state index in [1.54, 1.807) is 10.9 Å². The first kappa shape index (κ1) is 16.2. The molecule has 1 aliphatic heterocycles. The monoisotopic (exact) mass is 345 g/mol. The minimum Gasteiger partial charge on any atom is -0.353 e. The van der Waals surface area contributed by atoms with Crippen LogP contribution >= 0.6 is 0 Å². The number of hydrogen-bond donors (Lipinski definition) is 0. The topological polar surface area (TPSA) is 73.9 Å². The molecule has 1 saturated heterocycles. The molecule has 0 aliphatic carbocycles. The normalized spacial score (nSPS) is 15.0. The fraction of sp³-hybridized carbons (Fsp3) is 0.263. The maximum atomic E-state index is 8.88. The predicted octanol–water partition coefficient (Wildman–Crippen LogP) is 1.86. The van der Waals surface area contributed by atoms with Gasteiger partial charge in [-0.15, -0.1) is 10.2 Å². The van der Waals surface area contributed by atoms with Crippen molar-refractivity contribution in [3.63, 3.8) is 0 Å². The van der Waals surface area contributed by atoms with Crippen LogP contribution in [-0.2, 0) is 6.54 Å². The molecule has 0 spiro atoms. The highest BCUT2D eigenvalue weighted by atomic mass is 15.4. The Hall–Kier alpha value is -3.24. The van der Waals surface area contributed by atoms with Crippen LogP contribution in [0.2, 0.25) is 0 Å². The quantitative estimate of drug-likeness (QED) is 0.718. The Labute approximate surface area is 152 Å². The third-order valence-electron chi connectivity index (χ3n) is 4.56. The number of anilines is 1. The highest BCUT2D eigenvalue weighted by Gasteiger charge is 2.18. The summed E-state index contributed by atoms with van der Waals surface area (Å²) in [4.78, 5) is 4.68. The van der Waals surface area contributed by atoms with E-state index in [0.717, 1.165) is 44.4 Å². The third-order valence-corrected chi connectivity index (χ3v) is 4.56. The van der Waals surface area contributed by atoms with E-state index in [-0.39, 0.29) is 0 Å². The van der Waals surface area contributed by atoms with Gasteiger partial charge in [-0.05, 0) is 35.9 Å². The Morgan fingerprint density at radius 3 is 2.27 bits per heavy atom. The molecule has 1 fully saturated rings. The second-order valence-corrected chi connectivity index (χ2v) is 6.27. The van der Waals surface area contributed by atoms with Gasteiger partial charge < -0.3 is 4.90 Å². The van der Waals surface area contributed by atoms with Crippen molar-refractivity contribution in [1.29, 1.82) is 5.26 Å². The number of aromatic nitrogens is 4. The summed E-state index contributed by atoms with van der Waals surface area (Å²) in [5, 5.41) is 21.7. The first-order chi connectivity index (χ1) is 12.8. The SMILES string of the molecule is N#Cc1ccc(CN2CCN(c3ccc(-n4cccn4)nn3)CC2)cc1. The second-order valence-electron chi connectivity index (χ2n) is 6.27. The van der Waals surface area contributed by atoms with E-state index in [1.165, 1.54) is 5.56 Å². The van der Waals surface area contributed by atoms with Crippen LogP contribution < -0.4 is 4.90 Å². The van der Waals surface area contributed by atoms with Gasteiger partial charge in [0.2, 0.25) is 0 Å². The predicted molar refractivity (Wildman–Crippen MR) is 97.8 cm³/mol. The number of benzene rings is 1. The molecule has 0 saturated carbocycles. The van der Waals surface area contributed by atoms with Crippen LogP contribution in [0.25, 0.3) is 5.82 Å². The van der Waals surface area contributed by atoms with Crippen molar-refractivity contribution in [3.05, 3.63) is 66.0 Å². The lowest BCUT2D eigenvalue weighted by molar-refractivity contribution is 0.249. The zero-order valence-electron chi connectivity index (χ0n) is 14.4. The van der Waals surface area contributed by atoms with Gasteiger partial charge >= 0.3 is 0 Å². The summed E-state index contributed by atoms with van der Waals surface area (Å²) in [7, 11) is 0. The van der Waals surface area contributed by atoms with E-state index in [2.05, 4.69) is 31.2 Å². The van der Waals surface area contributed by atoms with Gasteiger partial charge in [-0.25, -0.2) is 4.68 Å². The summed E-state index contributed by atoms with van der Waals surface area (Å²) in [6.45, 7) is 4.70. The van der Waals surface area contributed by atoms with E-state index in [4.69, 9.17) is 5.26 Å².